The van der Waals surface area contributed by atoms with Crippen LogP contribution >= 0.6 is 35.4 Å². The molecule has 0 spiro atoms. The van der Waals surface area contributed by atoms with E-state index in [1.54, 1.807) is 23.1 Å². The zero-order valence-electron chi connectivity index (χ0n) is 15.3. The zero-order chi connectivity index (χ0) is 21.0. The van der Waals surface area contributed by atoms with E-state index in [9.17, 15) is 8.78 Å². The van der Waals surface area contributed by atoms with Gasteiger partial charge in [0.2, 0.25) is 0 Å². The Hall–Kier alpha value is -2.00. The molecule has 29 heavy (non-hydrogen) atoms. The average molecular weight is 458 g/mol. The van der Waals surface area contributed by atoms with Crippen LogP contribution in [0.2, 0.25) is 10.0 Å². The summed E-state index contributed by atoms with van der Waals surface area (Å²) in [5.41, 5.74) is 8.57. The summed E-state index contributed by atoms with van der Waals surface area (Å²) in [5.74, 6) is -1.12. The van der Waals surface area contributed by atoms with E-state index in [2.05, 4.69) is 28.1 Å². The van der Waals surface area contributed by atoms with Crippen molar-refractivity contribution in [2.75, 3.05) is 18.0 Å². The molecule has 2 aromatic carbocycles. The Kier molecular flexibility index (Phi) is 7.23. The van der Waals surface area contributed by atoms with Gasteiger partial charge in [0.15, 0.2) is 5.11 Å². The number of nitrogens with one attached hydrogen (secondary N) is 2. The van der Waals surface area contributed by atoms with E-state index in [1.165, 1.54) is 6.07 Å². The van der Waals surface area contributed by atoms with Crippen molar-refractivity contribution in [3.8, 4) is 0 Å². The smallest absolute Gasteiger partial charge is 0.184 e. The molecule has 1 heterocycles. The lowest BCUT2D eigenvalue weighted by molar-refractivity contribution is 0.550. The van der Waals surface area contributed by atoms with Crippen LogP contribution < -0.4 is 21.4 Å². The van der Waals surface area contributed by atoms with Crippen LogP contribution in [-0.4, -0.2) is 30.5 Å². The van der Waals surface area contributed by atoms with Crippen LogP contribution in [0.3, 0.4) is 0 Å². The Morgan fingerprint density at radius 3 is 2.69 bits per heavy atom. The first-order chi connectivity index (χ1) is 13.8. The Morgan fingerprint density at radius 2 is 2.00 bits per heavy atom. The Labute approximate surface area is 182 Å². The summed E-state index contributed by atoms with van der Waals surface area (Å²) in [6, 6.07) is 7.72. The van der Waals surface area contributed by atoms with E-state index < -0.39 is 11.6 Å². The van der Waals surface area contributed by atoms with E-state index in [1.807, 2.05) is 0 Å². The molecule has 0 aliphatic carbocycles. The molecule has 2 aromatic rings. The normalized spacial score (nSPS) is 16.6. The Morgan fingerprint density at radius 1 is 1.28 bits per heavy atom. The molecule has 0 radical (unpaired) electrons. The average Bonchev–Trinajstić information content (AvgIpc) is 3.12. The van der Waals surface area contributed by atoms with E-state index in [0.29, 0.717) is 29.7 Å². The molecule has 0 saturated carbocycles. The third-order valence-electron chi connectivity index (χ3n) is 4.60. The second-order valence-electron chi connectivity index (χ2n) is 6.57. The van der Waals surface area contributed by atoms with E-state index in [4.69, 9.17) is 28.9 Å². The molecule has 0 amide bonds. The maximum absolute atomic E-state index is 14.6. The van der Waals surface area contributed by atoms with Gasteiger partial charge in [-0.25, -0.2) is 8.78 Å². The van der Waals surface area contributed by atoms with Crippen molar-refractivity contribution in [2.45, 2.75) is 19.0 Å². The lowest BCUT2D eigenvalue weighted by Gasteiger charge is -2.20. The van der Waals surface area contributed by atoms with Gasteiger partial charge in [0, 0.05) is 52.9 Å². The molecule has 3 rings (SSSR count). The number of hydrazone groups is 1. The maximum atomic E-state index is 14.6. The standard InChI is InChI=1S/C19H19Cl2F2N5S/c20-14-2-1-3-15(21)13(14)9-25-12-4-5-28(10-12)18-7-16(22)11(6-17(18)23)8-26-27-19(24)29/h1-3,6-8,12,25H,4-5,9-10H2,(H3,24,27,29)/t12-/m0/s1. The zero-order valence-corrected chi connectivity index (χ0v) is 17.6. The predicted octanol–water partition coefficient (Wildman–Crippen LogP) is 3.81. The number of rotatable bonds is 6. The summed E-state index contributed by atoms with van der Waals surface area (Å²) in [6.07, 6.45) is 1.91. The van der Waals surface area contributed by atoms with Gasteiger partial charge >= 0.3 is 0 Å². The van der Waals surface area contributed by atoms with E-state index >= 15 is 0 Å². The first-order valence-corrected chi connectivity index (χ1v) is 10.0. The molecule has 0 aromatic heterocycles. The number of nitrogens with two attached hydrogens (primary N) is 1. The van der Waals surface area contributed by atoms with Crippen molar-refractivity contribution in [3.05, 3.63) is 63.1 Å². The summed E-state index contributed by atoms with van der Waals surface area (Å²) >= 11 is 17.0. The summed E-state index contributed by atoms with van der Waals surface area (Å²) in [6.45, 7) is 1.63. The van der Waals surface area contributed by atoms with Gasteiger partial charge < -0.3 is 16.0 Å². The van der Waals surface area contributed by atoms with Gasteiger partial charge in [0.1, 0.15) is 11.6 Å². The maximum Gasteiger partial charge on any atom is 0.184 e. The van der Waals surface area contributed by atoms with E-state index in [0.717, 1.165) is 24.3 Å². The molecule has 4 N–H and O–H groups in total. The third-order valence-corrected chi connectivity index (χ3v) is 5.40. The summed E-state index contributed by atoms with van der Waals surface area (Å²) < 4.78 is 28.9. The number of halogens is 4. The molecule has 10 heteroatoms. The molecule has 154 valence electrons. The van der Waals surface area contributed by atoms with Crippen molar-refractivity contribution < 1.29 is 8.78 Å². The predicted molar refractivity (Wildman–Crippen MR) is 118 cm³/mol. The molecule has 1 fully saturated rings. The summed E-state index contributed by atoms with van der Waals surface area (Å²) in [5, 5.41) is 8.16. The van der Waals surface area contributed by atoms with Crippen LogP contribution in [0.15, 0.2) is 35.4 Å². The highest BCUT2D eigenvalue weighted by Crippen LogP contribution is 2.27. The van der Waals surface area contributed by atoms with Crippen molar-refractivity contribution >= 4 is 52.4 Å². The molecule has 0 bridgehead atoms. The highest BCUT2D eigenvalue weighted by molar-refractivity contribution is 7.80. The Balaban J connectivity index is 1.64. The van der Waals surface area contributed by atoms with Gasteiger partial charge in [-0.3, -0.25) is 5.43 Å². The van der Waals surface area contributed by atoms with Gasteiger partial charge in [0.05, 0.1) is 11.9 Å². The number of anilines is 1. The fourth-order valence-corrected chi connectivity index (χ4v) is 3.74. The van der Waals surface area contributed by atoms with Crippen LogP contribution in [0, 0.1) is 11.6 Å². The van der Waals surface area contributed by atoms with Crippen LogP contribution in [0.5, 0.6) is 0 Å². The number of benzene rings is 2. The number of nitrogens with zero attached hydrogens (tertiary/aromatic N) is 2. The van der Waals surface area contributed by atoms with Crippen LogP contribution in [0.1, 0.15) is 17.5 Å². The molecule has 1 aliphatic heterocycles. The first-order valence-electron chi connectivity index (χ1n) is 8.84. The lowest BCUT2D eigenvalue weighted by atomic mass is 10.2. The second-order valence-corrected chi connectivity index (χ2v) is 7.83. The largest absolute Gasteiger partial charge is 0.375 e. The van der Waals surface area contributed by atoms with Gasteiger partial charge in [-0.15, -0.1) is 0 Å². The minimum Gasteiger partial charge on any atom is -0.375 e. The van der Waals surface area contributed by atoms with Gasteiger partial charge in [-0.2, -0.15) is 5.10 Å². The number of hydrogen-bond donors (Lipinski definition) is 3. The fourth-order valence-electron chi connectivity index (χ4n) is 3.15. The van der Waals surface area contributed by atoms with Gasteiger partial charge in [-0.1, -0.05) is 29.3 Å². The topological polar surface area (TPSA) is 65.7 Å². The quantitative estimate of drug-likeness (QED) is 0.349. The SMILES string of the molecule is NC(=S)NN=Cc1cc(F)c(N2CC[C@H](NCc3c(Cl)cccc3Cl)C2)cc1F. The highest BCUT2D eigenvalue weighted by atomic mass is 35.5. The van der Waals surface area contributed by atoms with E-state index in [-0.39, 0.29) is 22.4 Å². The minimum absolute atomic E-state index is 0.00256. The highest BCUT2D eigenvalue weighted by Gasteiger charge is 2.25. The molecule has 1 saturated heterocycles. The lowest BCUT2D eigenvalue weighted by Crippen LogP contribution is -2.32. The monoisotopic (exact) mass is 457 g/mol. The number of thiocarbonyl (C=S) groups is 1. The molecule has 5 nitrogen and oxygen atoms in total. The Bertz CT molecular complexity index is 921. The molecular weight excluding hydrogens is 439 g/mol. The van der Waals surface area contributed by atoms with Gasteiger partial charge in [-0.05, 0) is 36.8 Å². The van der Waals surface area contributed by atoms with Gasteiger partial charge in [0.25, 0.3) is 0 Å². The molecular formula is C19H19Cl2F2N5S. The fraction of sp³-hybridized carbons (Fsp3) is 0.263. The van der Waals surface area contributed by atoms with Crippen LogP contribution in [-0.2, 0) is 6.54 Å². The van der Waals surface area contributed by atoms with Crippen LogP contribution in [0.25, 0.3) is 0 Å². The second kappa shape index (κ2) is 9.67. The van der Waals surface area contributed by atoms with Crippen LogP contribution in [0.4, 0.5) is 14.5 Å². The van der Waals surface area contributed by atoms with Crippen molar-refractivity contribution in [1.82, 2.24) is 10.7 Å². The summed E-state index contributed by atoms with van der Waals surface area (Å²) in [7, 11) is 0. The molecule has 1 atom stereocenters. The minimum atomic E-state index is -0.589. The molecule has 0 unspecified atom stereocenters. The number of hydrogen-bond acceptors (Lipinski definition) is 4. The molecule has 1 aliphatic rings. The van der Waals surface area contributed by atoms with Crippen molar-refractivity contribution in [3.63, 3.8) is 0 Å². The summed E-state index contributed by atoms with van der Waals surface area (Å²) in [4.78, 5) is 1.80. The first kappa shape index (κ1) is 21.7. The van der Waals surface area contributed by atoms with Crippen molar-refractivity contribution in [1.29, 1.82) is 0 Å². The van der Waals surface area contributed by atoms with Crippen molar-refractivity contribution in [2.24, 2.45) is 10.8 Å². The third kappa shape index (κ3) is 5.54.